The van der Waals surface area contributed by atoms with E-state index in [2.05, 4.69) is 5.32 Å². The number of nitrogens with two attached hydrogens (primary N) is 1. The Morgan fingerprint density at radius 1 is 1.29 bits per heavy atom. The molecule has 0 saturated heterocycles. The second-order valence-electron chi connectivity index (χ2n) is 4.76. The smallest absolute Gasteiger partial charge is 0.334 e. The molecule has 0 bridgehead atoms. The third-order valence-electron chi connectivity index (χ3n) is 3.14. The standard InChI is InChI=1S/C11H20N2O4/c12-11(4-2-1-3-5-11)6-9(15)13-7-8(14)10(16)17/h8,14H,1-7,12H2,(H,13,15)(H,16,17). The second-order valence-corrected chi connectivity index (χ2v) is 4.76. The predicted octanol–water partition coefficient (Wildman–Crippen LogP) is -0.400. The molecule has 1 atom stereocenters. The molecule has 0 spiro atoms. The van der Waals surface area contributed by atoms with E-state index in [0.717, 1.165) is 32.1 Å². The molecular formula is C11H20N2O4. The lowest BCUT2D eigenvalue weighted by molar-refractivity contribution is -0.146. The maximum absolute atomic E-state index is 11.5. The van der Waals surface area contributed by atoms with Gasteiger partial charge in [-0.15, -0.1) is 0 Å². The van der Waals surface area contributed by atoms with Crippen molar-refractivity contribution in [3.05, 3.63) is 0 Å². The predicted molar refractivity (Wildman–Crippen MR) is 61.3 cm³/mol. The lowest BCUT2D eigenvalue weighted by Crippen LogP contribution is -2.47. The van der Waals surface area contributed by atoms with Crippen LogP contribution in [0, 0.1) is 0 Å². The largest absolute Gasteiger partial charge is 0.479 e. The maximum atomic E-state index is 11.5. The molecule has 0 radical (unpaired) electrons. The van der Waals surface area contributed by atoms with E-state index in [4.69, 9.17) is 15.9 Å². The summed E-state index contributed by atoms with van der Waals surface area (Å²) in [6.45, 7) is -0.274. The number of aliphatic hydroxyl groups excluding tert-OH is 1. The Morgan fingerprint density at radius 3 is 2.41 bits per heavy atom. The highest BCUT2D eigenvalue weighted by molar-refractivity contribution is 5.78. The van der Waals surface area contributed by atoms with E-state index in [1.54, 1.807) is 0 Å². The lowest BCUT2D eigenvalue weighted by atomic mass is 9.80. The van der Waals surface area contributed by atoms with Gasteiger partial charge < -0.3 is 21.3 Å². The van der Waals surface area contributed by atoms with Crippen molar-refractivity contribution < 1.29 is 19.8 Å². The number of aliphatic carboxylic acids is 1. The molecule has 1 rings (SSSR count). The number of hydrogen-bond donors (Lipinski definition) is 4. The Bertz CT molecular complexity index is 287. The Morgan fingerprint density at radius 2 is 1.88 bits per heavy atom. The summed E-state index contributed by atoms with van der Waals surface area (Å²) in [5.41, 5.74) is 5.62. The summed E-state index contributed by atoms with van der Waals surface area (Å²) in [5.74, 6) is -1.64. The van der Waals surface area contributed by atoms with Crippen LogP contribution >= 0.6 is 0 Å². The third-order valence-corrected chi connectivity index (χ3v) is 3.14. The molecule has 1 aliphatic rings. The molecule has 1 fully saturated rings. The van der Waals surface area contributed by atoms with Gasteiger partial charge in [0, 0.05) is 12.0 Å². The maximum Gasteiger partial charge on any atom is 0.334 e. The molecule has 1 aliphatic carbocycles. The van der Waals surface area contributed by atoms with E-state index in [1.807, 2.05) is 0 Å². The number of carbonyl (C=O) groups excluding carboxylic acids is 1. The molecule has 6 heteroatoms. The van der Waals surface area contributed by atoms with Crippen molar-refractivity contribution >= 4 is 11.9 Å². The zero-order valence-electron chi connectivity index (χ0n) is 9.82. The van der Waals surface area contributed by atoms with Crippen LogP contribution in [-0.4, -0.2) is 40.3 Å². The van der Waals surface area contributed by atoms with Crippen LogP contribution in [-0.2, 0) is 9.59 Å². The van der Waals surface area contributed by atoms with Gasteiger partial charge in [0.2, 0.25) is 5.91 Å². The average molecular weight is 244 g/mol. The topological polar surface area (TPSA) is 113 Å². The molecule has 1 amide bonds. The van der Waals surface area contributed by atoms with Crippen molar-refractivity contribution in [3.8, 4) is 0 Å². The van der Waals surface area contributed by atoms with Crippen molar-refractivity contribution in [1.29, 1.82) is 0 Å². The molecule has 0 aromatic heterocycles. The van der Waals surface area contributed by atoms with E-state index in [0.29, 0.717) is 0 Å². The van der Waals surface area contributed by atoms with Crippen LogP contribution in [0.5, 0.6) is 0 Å². The summed E-state index contributed by atoms with van der Waals surface area (Å²) in [4.78, 5) is 21.9. The highest BCUT2D eigenvalue weighted by Gasteiger charge is 2.30. The van der Waals surface area contributed by atoms with Crippen LogP contribution in [0.1, 0.15) is 38.5 Å². The highest BCUT2D eigenvalue weighted by Crippen LogP contribution is 2.28. The molecular weight excluding hydrogens is 224 g/mol. The minimum absolute atomic E-state index is 0.194. The van der Waals surface area contributed by atoms with Gasteiger partial charge in [-0.3, -0.25) is 4.79 Å². The fourth-order valence-electron chi connectivity index (χ4n) is 2.11. The van der Waals surface area contributed by atoms with Crippen LogP contribution in [0.25, 0.3) is 0 Å². The molecule has 1 saturated carbocycles. The van der Waals surface area contributed by atoms with Gasteiger partial charge in [-0.25, -0.2) is 4.79 Å². The van der Waals surface area contributed by atoms with Crippen molar-refractivity contribution in [3.63, 3.8) is 0 Å². The van der Waals surface area contributed by atoms with Crippen LogP contribution in [0.3, 0.4) is 0 Å². The molecule has 5 N–H and O–H groups in total. The Hall–Kier alpha value is -1.14. The van der Waals surface area contributed by atoms with Crippen molar-refractivity contribution in [2.24, 2.45) is 5.73 Å². The normalized spacial score (nSPS) is 20.6. The van der Waals surface area contributed by atoms with Crippen molar-refractivity contribution in [1.82, 2.24) is 5.32 Å². The molecule has 0 aromatic carbocycles. The minimum Gasteiger partial charge on any atom is -0.479 e. The summed E-state index contributed by atoms with van der Waals surface area (Å²) < 4.78 is 0. The van der Waals surface area contributed by atoms with E-state index >= 15 is 0 Å². The van der Waals surface area contributed by atoms with Gasteiger partial charge in [0.25, 0.3) is 0 Å². The molecule has 98 valence electrons. The summed E-state index contributed by atoms with van der Waals surface area (Å²) in [5, 5.41) is 19.8. The Balaban J connectivity index is 2.31. The van der Waals surface area contributed by atoms with E-state index in [1.165, 1.54) is 0 Å². The number of rotatable bonds is 5. The SMILES string of the molecule is NC1(CC(=O)NCC(O)C(=O)O)CCCCC1. The zero-order chi connectivity index (χ0) is 12.9. The van der Waals surface area contributed by atoms with Gasteiger partial charge in [0.05, 0.1) is 6.54 Å². The Kier molecular flexibility index (Phi) is 4.89. The zero-order valence-corrected chi connectivity index (χ0v) is 9.82. The average Bonchev–Trinajstić information content (AvgIpc) is 2.26. The number of nitrogens with one attached hydrogen (secondary N) is 1. The number of aliphatic hydroxyl groups is 1. The number of hydrogen-bond acceptors (Lipinski definition) is 4. The third kappa shape index (κ3) is 4.70. The number of carbonyl (C=O) groups is 2. The quantitative estimate of drug-likeness (QED) is 0.525. The lowest BCUT2D eigenvalue weighted by Gasteiger charge is -2.32. The van der Waals surface area contributed by atoms with E-state index in [-0.39, 0.29) is 18.9 Å². The summed E-state index contributed by atoms with van der Waals surface area (Å²) >= 11 is 0. The number of carboxylic acid groups (broad SMARTS) is 1. The monoisotopic (exact) mass is 244 g/mol. The van der Waals surface area contributed by atoms with Gasteiger partial charge in [-0.1, -0.05) is 19.3 Å². The summed E-state index contributed by atoms with van der Waals surface area (Å²) in [6.07, 6.45) is 3.49. The first-order chi connectivity index (χ1) is 7.93. The summed E-state index contributed by atoms with van der Waals surface area (Å²) in [7, 11) is 0. The molecule has 17 heavy (non-hydrogen) atoms. The van der Waals surface area contributed by atoms with Gasteiger partial charge in [0.1, 0.15) is 0 Å². The summed E-state index contributed by atoms with van der Waals surface area (Å²) in [6, 6.07) is 0. The highest BCUT2D eigenvalue weighted by atomic mass is 16.4. The first-order valence-corrected chi connectivity index (χ1v) is 5.89. The number of carboxylic acids is 1. The van der Waals surface area contributed by atoms with Gasteiger partial charge in [0.15, 0.2) is 6.10 Å². The number of amides is 1. The molecule has 6 nitrogen and oxygen atoms in total. The van der Waals surface area contributed by atoms with Crippen LogP contribution in [0.15, 0.2) is 0 Å². The van der Waals surface area contributed by atoms with Crippen LogP contribution < -0.4 is 11.1 Å². The van der Waals surface area contributed by atoms with Gasteiger partial charge in [-0.05, 0) is 12.8 Å². The first-order valence-electron chi connectivity index (χ1n) is 5.89. The fourth-order valence-corrected chi connectivity index (χ4v) is 2.11. The van der Waals surface area contributed by atoms with Gasteiger partial charge >= 0.3 is 5.97 Å². The van der Waals surface area contributed by atoms with Gasteiger partial charge in [-0.2, -0.15) is 0 Å². The first kappa shape index (κ1) is 13.9. The van der Waals surface area contributed by atoms with E-state index in [9.17, 15) is 9.59 Å². The van der Waals surface area contributed by atoms with Crippen molar-refractivity contribution in [2.75, 3.05) is 6.54 Å². The fraction of sp³-hybridized carbons (Fsp3) is 0.818. The molecule has 0 heterocycles. The van der Waals surface area contributed by atoms with E-state index < -0.39 is 17.6 Å². The second kappa shape index (κ2) is 5.97. The molecule has 0 aromatic rings. The van der Waals surface area contributed by atoms with Crippen LogP contribution in [0.4, 0.5) is 0 Å². The van der Waals surface area contributed by atoms with Crippen molar-refractivity contribution in [2.45, 2.75) is 50.2 Å². The molecule has 0 aliphatic heterocycles. The minimum atomic E-state index is -1.56. The Labute approximate surface area is 100 Å². The molecule has 1 unspecified atom stereocenters. The van der Waals surface area contributed by atoms with Crippen LogP contribution in [0.2, 0.25) is 0 Å².